The molecular formula is C20H27N3O3. The lowest BCUT2D eigenvalue weighted by atomic mass is 9.94. The Morgan fingerprint density at radius 1 is 1.08 bits per heavy atom. The second kappa shape index (κ2) is 7.27. The van der Waals surface area contributed by atoms with Gasteiger partial charge >= 0.3 is 0 Å². The molecule has 3 aliphatic rings. The third-order valence-electron chi connectivity index (χ3n) is 5.85. The molecule has 0 bridgehead atoms. The number of hydrogen-bond acceptors (Lipinski definition) is 4. The van der Waals surface area contributed by atoms with E-state index in [2.05, 4.69) is 15.5 Å². The van der Waals surface area contributed by atoms with Crippen LogP contribution in [0.25, 0.3) is 0 Å². The third-order valence-corrected chi connectivity index (χ3v) is 5.85. The van der Waals surface area contributed by atoms with Crippen molar-refractivity contribution in [2.24, 2.45) is 5.92 Å². The van der Waals surface area contributed by atoms with Crippen LogP contribution < -0.4 is 15.5 Å². The van der Waals surface area contributed by atoms with Gasteiger partial charge in [-0.25, -0.2) is 0 Å². The van der Waals surface area contributed by atoms with Crippen molar-refractivity contribution in [3.8, 4) is 0 Å². The Morgan fingerprint density at radius 3 is 2.42 bits per heavy atom. The molecule has 26 heavy (non-hydrogen) atoms. The smallest absolute Gasteiger partial charge is 0.251 e. The Balaban J connectivity index is 1.37. The minimum absolute atomic E-state index is 0.0240. The quantitative estimate of drug-likeness (QED) is 0.762. The van der Waals surface area contributed by atoms with Crippen LogP contribution in [0.15, 0.2) is 24.3 Å². The summed E-state index contributed by atoms with van der Waals surface area (Å²) in [6.07, 6.45) is 4.86. The van der Waals surface area contributed by atoms with Gasteiger partial charge in [-0.15, -0.1) is 0 Å². The molecular weight excluding hydrogens is 330 g/mol. The number of hydrogen-bond donors (Lipinski definition) is 3. The largest absolute Gasteiger partial charge is 0.393 e. The van der Waals surface area contributed by atoms with Crippen LogP contribution in [0, 0.1) is 5.92 Å². The van der Waals surface area contributed by atoms with Crippen molar-refractivity contribution in [3.05, 3.63) is 29.8 Å². The van der Waals surface area contributed by atoms with E-state index in [4.69, 9.17) is 0 Å². The summed E-state index contributed by atoms with van der Waals surface area (Å²) in [6, 6.07) is 7.79. The zero-order chi connectivity index (χ0) is 18.1. The van der Waals surface area contributed by atoms with E-state index >= 15 is 0 Å². The predicted molar refractivity (Wildman–Crippen MR) is 99.0 cm³/mol. The summed E-state index contributed by atoms with van der Waals surface area (Å²) >= 11 is 0. The molecule has 6 heteroatoms. The monoisotopic (exact) mass is 357 g/mol. The van der Waals surface area contributed by atoms with Crippen LogP contribution in [0.5, 0.6) is 0 Å². The molecule has 2 atom stereocenters. The van der Waals surface area contributed by atoms with Crippen molar-refractivity contribution in [3.63, 3.8) is 0 Å². The van der Waals surface area contributed by atoms with E-state index in [1.165, 1.54) is 0 Å². The number of aliphatic hydroxyl groups is 1. The topological polar surface area (TPSA) is 81.7 Å². The molecule has 0 radical (unpaired) electrons. The molecule has 6 nitrogen and oxygen atoms in total. The summed E-state index contributed by atoms with van der Waals surface area (Å²) in [5.41, 5.74) is 1.74. The van der Waals surface area contributed by atoms with Crippen molar-refractivity contribution in [1.29, 1.82) is 0 Å². The lowest BCUT2D eigenvalue weighted by Gasteiger charge is -2.33. The number of anilines is 1. The normalized spacial score (nSPS) is 27.1. The molecule has 1 saturated carbocycles. The molecule has 2 aliphatic heterocycles. The van der Waals surface area contributed by atoms with Gasteiger partial charge in [0.2, 0.25) is 5.91 Å². The average molecular weight is 357 g/mol. The molecule has 2 heterocycles. The van der Waals surface area contributed by atoms with E-state index in [0.717, 1.165) is 44.5 Å². The summed E-state index contributed by atoms with van der Waals surface area (Å²) in [6.45, 7) is 1.69. The van der Waals surface area contributed by atoms with Crippen molar-refractivity contribution in [2.75, 3.05) is 18.0 Å². The van der Waals surface area contributed by atoms with Crippen LogP contribution in [0.1, 0.15) is 48.9 Å². The maximum atomic E-state index is 12.6. The molecule has 3 fully saturated rings. The molecule has 3 N–H and O–H groups in total. The molecule has 0 spiro atoms. The number of carbonyl (C=O) groups excluding carboxylic acids is 2. The fourth-order valence-corrected chi connectivity index (χ4v) is 4.09. The number of aliphatic hydroxyl groups excluding tert-OH is 1. The zero-order valence-electron chi connectivity index (χ0n) is 15.0. The summed E-state index contributed by atoms with van der Waals surface area (Å²) in [5, 5.41) is 15.8. The number of carbonyl (C=O) groups is 2. The lowest BCUT2D eigenvalue weighted by Crippen LogP contribution is -2.56. The molecule has 140 valence electrons. The highest BCUT2D eigenvalue weighted by Crippen LogP contribution is 2.36. The van der Waals surface area contributed by atoms with Gasteiger partial charge in [0.25, 0.3) is 5.91 Å². The van der Waals surface area contributed by atoms with E-state index in [9.17, 15) is 14.7 Å². The fraction of sp³-hybridized carbons (Fsp3) is 0.600. The Morgan fingerprint density at radius 2 is 1.77 bits per heavy atom. The number of nitrogens with zero attached hydrogens (tertiary/aromatic N) is 1. The highest BCUT2D eigenvalue weighted by molar-refractivity contribution is 5.95. The van der Waals surface area contributed by atoms with Crippen molar-refractivity contribution >= 4 is 17.5 Å². The molecule has 1 aromatic rings. The molecule has 0 unspecified atom stereocenters. The number of benzene rings is 1. The van der Waals surface area contributed by atoms with E-state index < -0.39 is 0 Å². The molecule has 2 saturated heterocycles. The van der Waals surface area contributed by atoms with Crippen molar-refractivity contribution < 1.29 is 14.7 Å². The van der Waals surface area contributed by atoms with Gasteiger partial charge in [-0.2, -0.15) is 0 Å². The van der Waals surface area contributed by atoms with Crippen LogP contribution in [0.4, 0.5) is 5.69 Å². The first kappa shape index (κ1) is 17.3. The molecule has 4 rings (SSSR count). The molecule has 0 aromatic heterocycles. The van der Waals surface area contributed by atoms with Crippen LogP contribution in [0.2, 0.25) is 0 Å². The van der Waals surface area contributed by atoms with Crippen LogP contribution in [-0.2, 0) is 4.79 Å². The highest BCUT2D eigenvalue weighted by atomic mass is 16.3. The van der Waals surface area contributed by atoms with Crippen LogP contribution in [-0.4, -0.2) is 48.2 Å². The Labute approximate surface area is 153 Å². The Kier molecular flexibility index (Phi) is 4.85. The Hall–Kier alpha value is -2.08. The van der Waals surface area contributed by atoms with E-state index in [1.54, 1.807) is 0 Å². The molecule has 1 aliphatic carbocycles. The predicted octanol–water partition coefficient (Wildman–Crippen LogP) is 1.43. The minimum Gasteiger partial charge on any atom is -0.393 e. The van der Waals surface area contributed by atoms with E-state index in [-0.39, 0.29) is 30.0 Å². The van der Waals surface area contributed by atoms with Gasteiger partial charge < -0.3 is 20.6 Å². The Bertz CT molecular complexity index is 663. The summed E-state index contributed by atoms with van der Waals surface area (Å²) in [4.78, 5) is 26.6. The van der Waals surface area contributed by atoms with Crippen molar-refractivity contribution in [1.82, 2.24) is 10.6 Å². The zero-order valence-corrected chi connectivity index (χ0v) is 15.0. The van der Waals surface area contributed by atoms with Gasteiger partial charge in [-0.05, 0) is 62.3 Å². The van der Waals surface area contributed by atoms with Gasteiger partial charge in [0.1, 0.15) is 0 Å². The fourth-order valence-electron chi connectivity index (χ4n) is 4.09. The van der Waals surface area contributed by atoms with Gasteiger partial charge in [-0.3, -0.25) is 9.59 Å². The van der Waals surface area contributed by atoms with Gasteiger partial charge in [0.15, 0.2) is 0 Å². The summed E-state index contributed by atoms with van der Waals surface area (Å²) in [7, 11) is 0. The minimum atomic E-state index is -0.188. The van der Waals surface area contributed by atoms with Gasteiger partial charge in [-0.1, -0.05) is 0 Å². The summed E-state index contributed by atoms with van der Waals surface area (Å²) < 4.78 is 0. The summed E-state index contributed by atoms with van der Waals surface area (Å²) in [5.74, 6) is 0.544. The van der Waals surface area contributed by atoms with E-state index in [1.807, 2.05) is 24.3 Å². The first-order valence-corrected chi connectivity index (χ1v) is 9.73. The second-order valence-corrected chi connectivity index (χ2v) is 7.81. The van der Waals surface area contributed by atoms with Gasteiger partial charge in [0.05, 0.1) is 18.2 Å². The SMILES string of the molecule is O=C1CC[C@@H](NC(=O)c2ccc(N3CCC(O)CC3)cc2)[C@H](C2CC2)N1. The number of nitrogens with one attached hydrogen (secondary N) is 2. The number of rotatable bonds is 4. The maximum absolute atomic E-state index is 12.6. The third kappa shape index (κ3) is 3.85. The first-order valence-electron chi connectivity index (χ1n) is 9.73. The van der Waals surface area contributed by atoms with Gasteiger partial charge in [0, 0.05) is 30.8 Å². The number of piperidine rings is 2. The maximum Gasteiger partial charge on any atom is 0.251 e. The van der Waals surface area contributed by atoms with Crippen LogP contribution >= 0.6 is 0 Å². The van der Waals surface area contributed by atoms with Crippen LogP contribution in [0.3, 0.4) is 0 Å². The lowest BCUT2D eigenvalue weighted by molar-refractivity contribution is -0.124. The number of amides is 2. The standard InChI is InChI=1S/C20H27N3O3/c24-16-9-11-23(12-10-16)15-5-3-14(4-6-15)20(26)21-17-7-8-18(25)22-19(17)13-1-2-13/h3-6,13,16-17,19,24H,1-2,7-12H2,(H,21,26)(H,22,25)/t17-,19+/m1/s1. The molecule has 1 aromatic carbocycles. The van der Waals surface area contributed by atoms with Crippen molar-refractivity contribution in [2.45, 2.75) is 56.7 Å². The highest BCUT2D eigenvalue weighted by Gasteiger charge is 2.40. The first-order chi connectivity index (χ1) is 12.6. The van der Waals surface area contributed by atoms with E-state index in [0.29, 0.717) is 24.3 Å². The molecule has 2 amide bonds. The second-order valence-electron chi connectivity index (χ2n) is 7.81. The average Bonchev–Trinajstić information content (AvgIpc) is 3.49.